The lowest BCUT2D eigenvalue weighted by Gasteiger charge is -2.28. The van der Waals surface area contributed by atoms with Crippen LogP contribution in [0, 0.1) is 0 Å². The van der Waals surface area contributed by atoms with E-state index in [0.717, 1.165) is 10.6 Å². The summed E-state index contributed by atoms with van der Waals surface area (Å²) < 4.78 is 30.8. The second kappa shape index (κ2) is 8.75. The monoisotopic (exact) mass is 405 g/mol. The van der Waals surface area contributed by atoms with Gasteiger partial charge in [-0.1, -0.05) is 6.07 Å². The van der Waals surface area contributed by atoms with Crippen LogP contribution in [-0.2, 0) is 19.6 Å². The highest BCUT2D eigenvalue weighted by molar-refractivity contribution is 7.92. The lowest BCUT2D eigenvalue weighted by molar-refractivity contribution is -0.117. The molecule has 2 aromatic rings. The predicted octanol–water partition coefficient (Wildman–Crippen LogP) is 2.45. The van der Waals surface area contributed by atoms with Crippen LogP contribution < -0.4 is 19.7 Å². The van der Waals surface area contributed by atoms with Crippen LogP contribution in [-0.4, -0.2) is 39.6 Å². The molecule has 2 amide bonds. The van der Waals surface area contributed by atoms with E-state index < -0.39 is 22.0 Å². The number of anilines is 3. The number of rotatable bonds is 7. The minimum atomic E-state index is -3.72. The molecule has 8 nitrogen and oxygen atoms in total. The first-order valence-electron chi connectivity index (χ1n) is 8.44. The van der Waals surface area contributed by atoms with Gasteiger partial charge in [-0.15, -0.1) is 0 Å². The van der Waals surface area contributed by atoms with Gasteiger partial charge in [-0.25, -0.2) is 8.42 Å². The molecule has 0 saturated heterocycles. The molecular formula is C19H23N3O5S. The molecule has 0 aliphatic heterocycles. The van der Waals surface area contributed by atoms with Crippen LogP contribution in [0.1, 0.15) is 13.8 Å². The highest BCUT2D eigenvalue weighted by Gasteiger charge is 2.29. The molecule has 0 bridgehead atoms. The van der Waals surface area contributed by atoms with E-state index in [9.17, 15) is 18.0 Å². The van der Waals surface area contributed by atoms with E-state index in [1.54, 1.807) is 48.5 Å². The molecule has 0 aliphatic carbocycles. The maximum absolute atomic E-state index is 12.7. The Labute approximate surface area is 164 Å². The number of benzene rings is 2. The number of hydrogen-bond donors (Lipinski definition) is 2. The number of nitrogens with zero attached hydrogens (tertiary/aromatic N) is 1. The first-order valence-corrected chi connectivity index (χ1v) is 10.3. The highest BCUT2D eigenvalue weighted by atomic mass is 32.2. The summed E-state index contributed by atoms with van der Waals surface area (Å²) in [5.74, 6) is -0.176. The molecule has 0 radical (unpaired) electrons. The molecule has 0 fully saturated rings. The number of nitrogens with one attached hydrogen (secondary N) is 2. The number of carbonyl (C=O) groups is 2. The minimum absolute atomic E-state index is 0.236. The molecule has 2 N–H and O–H groups in total. The van der Waals surface area contributed by atoms with E-state index in [1.165, 1.54) is 21.0 Å². The van der Waals surface area contributed by atoms with Crippen molar-refractivity contribution in [2.75, 3.05) is 28.3 Å². The zero-order valence-corrected chi connectivity index (χ0v) is 16.9. The summed E-state index contributed by atoms with van der Waals surface area (Å²) in [5, 5.41) is 5.30. The van der Waals surface area contributed by atoms with Crippen molar-refractivity contribution in [2.45, 2.75) is 19.9 Å². The molecule has 0 aromatic heterocycles. The van der Waals surface area contributed by atoms with E-state index in [2.05, 4.69) is 10.6 Å². The van der Waals surface area contributed by atoms with Crippen molar-refractivity contribution in [2.24, 2.45) is 0 Å². The van der Waals surface area contributed by atoms with Crippen LogP contribution in [0.15, 0.2) is 48.5 Å². The van der Waals surface area contributed by atoms with Gasteiger partial charge in [-0.05, 0) is 49.4 Å². The maximum Gasteiger partial charge on any atom is 0.247 e. The van der Waals surface area contributed by atoms with Gasteiger partial charge in [-0.2, -0.15) is 0 Å². The molecule has 0 spiro atoms. The summed E-state index contributed by atoms with van der Waals surface area (Å²) in [6, 6.07) is 12.0. The smallest absolute Gasteiger partial charge is 0.247 e. The lowest BCUT2D eigenvalue weighted by Crippen LogP contribution is -2.45. The Balaban J connectivity index is 2.25. The highest BCUT2D eigenvalue weighted by Crippen LogP contribution is 2.24. The average molecular weight is 405 g/mol. The van der Waals surface area contributed by atoms with Gasteiger partial charge in [0.2, 0.25) is 21.8 Å². The fourth-order valence-corrected chi connectivity index (χ4v) is 3.84. The van der Waals surface area contributed by atoms with E-state index in [0.29, 0.717) is 22.8 Å². The second-order valence-electron chi connectivity index (χ2n) is 6.18. The summed E-state index contributed by atoms with van der Waals surface area (Å²) in [7, 11) is -2.22. The van der Waals surface area contributed by atoms with Crippen LogP contribution in [0.3, 0.4) is 0 Å². The molecule has 2 aromatic carbocycles. The maximum atomic E-state index is 12.7. The summed E-state index contributed by atoms with van der Waals surface area (Å²) >= 11 is 0. The molecule has 1 atom stereocenters. The quantitative estimate of drug-likeness (QED) is 0.736. The van der Waals surface area contributed by atoms with Gasteiger partial charge in [0.05, 0.1) is 19.1 Å². The molecule has 150 valence electrons. The number of ether oxygens (including phenoxy) is 1. The fraction of sp³-hybridized carbons (Fsp3) is 0.263. The SMILES string of the molecule is COc1ccc(N([C@@H](C)C(=O)Nc2cccc(NC(C)=O)c2)S(C)(=O)=O)cc1. The van der Waals surface area contributed by atoms with Crippen LogP contribution >= 0.6 is 0 Å². The van der Waals surface area contributed by atoms with Crippen molar-refractivity contribution >= 4 is 38.9 Å². The van der Waals surface area contributed by atoms with Gasteiger partial charge in [0.1, 0.15) is 11.8 Å². The van der Waals surface area contributed by atoms with Crippen LogP contribution in [0.2, 0.25) is 0 Å². The molecular weight excluding hydrogens is 382 g/mol. The number of hydrogen-bond acceptors (Lipinski definition) is 5. The summed E-state index contributed by atoms with van der Waals surface area (Å²) in [5.41, 5.74) is 1.30. The Morgan fingerprint density at radius 3 is 2.11 bits per heavy atom. The van der Waals surface area contributed by atoms with Gasteiger partial charge in [0.15, 0.2) is 0 Å². The lowest BCUT2D eigenvalue weighted by atomic mass is 10.2. The molecule has 0 saturated carbocycles. The van der Waals surface area contributed by atoms with Crippen LogP contribution in [0.4, 0.5) is 17.1 Å². The van der Waals surface area contributed by atoms with Gasteiger partial charge in [0, 0.05) is 18.3 Å². The van der Waals surface area contributed by atoms with E-state index in [4.69, 9.17) is 4.74 Å². The molecule has 0 aliphatic rings. The second-order valence-corrected chi connectivity index (χ2v) is 8.04. The van der Waals surface area contributed by atoms with Gasteiger partial charge < -0.3 is 15.4 Å². The molecule has 9 heteroatoms. The Bertz CT molecular complexity index is 958. The third-order valence-electron chi connectivity index (χ3n) is 3.87. The van der Waals surface area contributed by atoms with Crippen molar-refractivity contribution < 1.29 is 22.7 Å². The van der Waals surface area contributed by atoms with Gasteiger partial charge in [0.25, 0.3) is 0 Å². The van der Waals surface area contributed by atoms with Crippen molar-refractivity contribution in [3.63, 3.8) is 0 Å². The molecule has 28 heavy (non-hydrogen) atoms. The zero-order valence-electron chi connectivity index (χ0n) is 16.1. The predicted molar refractivity (Wildman–Crippen MR) is 109 cm³/mol. The fourth-order valence-electron chi connectivity index (χ4n) is 2.66. The number of methoxy groups -OCH3 is 1. The van der Waals surface area contributed by atoms with Crippen molar-refractivity contribution in [3.8, 4) is 5.75 Å². The van der Waals surface area contributed by atoms with E-state index >= 15 is 0 Å². The minimum Gasteiger partial charge on any atom is -0.497 e. The van der Waals surface area contributed by atoms with E-state index in [1.807, 2.05) is 0 Å². The molecule has 0 unspecified atom stereocenters. The van der Waals surface area contributed by atoms with Crippen molar-refractivity contribution in [1.82, 2.24) is 0 Å². The third-order valence-corrected chi connectivity index (χ3v) is 5.11. The third kappa shape index (κ3) is 5.46. The zero-order chi connectivity index (χ0) is 20.9. The standard InChI is InChI=1S/C19H23N3O5S/c1-13(19(24)21-16-7-5-6-15(12-16)20-14(2)23)22(28(4,25)26)17-8-10-18(27-3)11-9-17/h5-13H,1-4H3,(H,20,23)(H,21,24)/t13-/m0/s1. The van der Waals surface area contributed by atoms with Crippen LogP contribution in [0.5, 0.6) is 5.75 Å². The summed E-state index contributed by atoms with van der Waals surface area (Å²) in [6.45, 7) is 2.88. The topological polar surface area (TPSA) is 105 Å². The van der Waals surface area contributed by atoms with Crippen molar-refractivity contribution in [3.05, 3.63) is 48.5 Å². The van der Waals surface area contributed by atoms with Crippen molar-refractivity contribution in [1.29, 1.82) is 0 Å². The largest absolute Gasteiger partial charge is 0.497 e. The normalized spacial score (nSPS) is 12.0. The Morgan fingerprint density at radius 1 is 1.04 bits per heavy atom. The number of carbonyl (C=O) groups excluding carboxylic acids is 2. The summed E-state index contributed by atoms with van der Waals surface area (Å²) in [6.07, 6.45) is 1.04. The molecule has 0 heterocycles. The average Bonchev–Trinajstić information content (AvgIpc) is 2.61. The van der Waals surface area contributed by atoms with Gasteiger partial charge in [-0.3, -0.25) is 13.9 Å². The Hall–Kier alpha value is -3.07. The van der Waals surface area contributed by atoms with E-state index in [-0.39, 0.29) is 5.91 Å². The first-order chi connectivity index (χ1) is 13.1. The first kappa shape index (κ1) is 21.2. The van der Waals surface area contributed by atoms with Gasteiger partial charge >= 0.3 is 0 Å². The summed E-state index contributed by atoms with van der Waals surface area (Å²) in [4.78, 5) is 23.9. The number of amides is 2. The Kier molecular flexibility index (Phi) is 6.63. The number of sulfonamides is 1. The molecule has 2 rings (SSSR count). The Morgan fingerprint density at radius 2 is 1.61 bits per heavy atom. The van der Waals surface area contributed by atoms with Crippen LogP contribution in [0.25, 0.3) is 0 Å².